The van der Waals surface area contributed by atoms with Crippen LogP contribution in [0.25, 0.3) is 0 Å². The van der Waals surface area contributed by atoms with E-state index in [1.807, 2.05) is 10.8 Å². The van der Waals surface area contributed by atoms with Crippen molar-refractivity contribution in [1.29, 1.82) is 0 Å². The van der Waals surface area contributed by atoms with Crippen molar-refractivity contribution in [2.24, 2.45) is 0 Å². The first-order chi connectivity index (χ1) is 10.2. The number of nitrogens with zero attached hydrogens (tertiary/aromatic N) is 1. The number of carbonyl (C=O) groups is 1. The van der Waals surface area contributed by atoms with Crippen LogP contribution in [0.2, 0.25) is 0 Å². The highest BCUT2D eigenvalue weighted by Gasteiger charge is 2.26. The summed E-state index contributed by atoms with van der Waals surface area (Å²) in [5.74, 6) is 2.37. The highest BCUT2D eigenvalue weighted by atomic mass is 32.2. The lowest BCUT2D eigenvalue weighted by Crippen LogP contribution is -2.42. The predicted octanol–water partition coefficient (Wildman–Crippen LogP) is 3.16. The van der Waals surface area contributed by atoms with E-state index in [4.69, 9.17) is 9.47 Å². The lowest BCUT2D eigenvalue weighted by atomic mass is 9.94. The Hall–Kier alpha value is -1.10. The molecule has 0 aromatic heterocycles. The minimum absolute atomic E-state index is 0.274. The van der Waals surface area contributed by atoms with Gasteiger partial charge in [0.15, 0.2) is 11.5 Å². The summed E-state index contributed by atoms with van der Waals surface area (Å²) in [5, 5.41) is 4.08. The van der Waals surface area contributed by atoms with Gasteiger partial charge in [-0.15, -0.1) is 0 Å². The van der Waals surface area contributed by atoms with E-state index in [2.05, 4.69) is 11.8 Å². The number of thiol groups is 1. The second-order valence-electron chi connectivity index (χ2n) is 5.54. The SMILES string of the molecule is CCN(C(=O)C[SH]1C=C(OC)C(OC)=C1)C1CCCCC1. The van der Waals surface area contributed by atoms with E-state index in [1.54, 1.807) is 14.2 Å². The molecule has 0 atom stereocenters. The van der Waals surface area contributed by atoms with Crippen LogP contribution in [0.15, 0.2) is 22.3 Å². The number of carbonyl (C=O) groups excluding carboxylic acids is 1. The molecule has 2 rings (SSSR count). The molecule has 0 unspecified atom stereocenters. The van der Waals surface area contributed by atoms with Gasteiger partial charge in [0.25, 0.3) is 0 Å². The molecule has 0 spiro atoms. The van der Waals surface area contributed by atoms with Crippen molar-refractivity contribution >= 4 is 16.8 Å². The van der Waals surface area contributed by atoms with Gasteiger partial charge in [-0.05, 0) is 19.8 Å². The summed E-state index contributed by atoms with van der Waals surface area (Å²) in [5.41, 5.74) is 0. The Labute approximate surface area is 130 Å². The Kier molecular flexibility index (Phi) is 6.03. The summed E-state index contributed by atoms with van der Waals surface area (Å²) in [6, 6.07) is 0.450. The Morgan fingerprint density at radius 2 is 1.76 bits per heavy atom. The van der Waals surface area contributed by atoms with Gasteiger partial charge in [0, 0.05) is 23.4 Å². The number of ether oxygens (including phenoxy) is 2. The number of rotatable bonds is 6. The van der Waals surface area contributed by atoms with Crippen LogP contribution in [0.5, 0.6) is 0 Å². The molecule has 1 fully saturated rings. The molecule has 0 aromatic carbocycles. The second kappa shape index (κ2) is 7.78. The summed E-state index contributed by atoms with van der Waals surface area (Å²) < 4.78 is 10.6. The van der Waals surface area contributed by atoms with E-state index < -0.39 is 10.9 Å². The highest BCUT2D eigenvalue weighted by molar-refractivity contribution is 8.22. The van der Waals surface area contributed by atoms with Gasteiger partial charge >= 0.3 is 0 Å². The van der Waals surface area contributed by atoms with Gasteiger partial charge in [-0.25, -0.2) is 0 Å². The maximum atomic E-state index is 12.6. The molecule has 1 amide bonds. The standard InChI is InChI=1S/C16H27NO3S/c1-4-17(13-8-6-5-7-9-13)16(18)12-21-10-14(19-2)15(11-21)20-3/h10-11,13,21H,4-9,12H2,1-3H3. The topological polar surface area (TPSA) is 38.8 Å². The molecule has 0 bridgehead atoms. The van der Waals surface area contributed by atoms with Gasteiger partial charge < -0.3 is 14.4 Å². The van der Waals surface area contributed by atoms with Crippen LogP contribution in [-0.4, -0.2) is 43.4 Å². The largest absolute Gasteiger partial charge is 0.492 e. The first-order valence-electron chi connectivity index (χ1n) is 7.76. The minimum atomic E-state index is -0.599. The molecule has 21 heavy (non-hydrogen) atoms. The Bertz CT molecular complexity index is 407. The molecule has 0 N–H and O–H groups in total. The summed E-state index contributed by atoms with van der Waals surface area (Å²) in [6.45, 7) is 2.90. The number of hydrogen-bond donors (Lipinski definition) is 1. The quantitative estimate of drug-likeness (QED) is 0.766. The molecule has 0 saturated heterocycles. The molecule has 5 heteroatoms. The zero-order chi connectivity index (χ0) is 15.2. The maximum absolute atomic E-state index is 12.6. The number of amides is 1. The van der Waals surface area contributed by atoms with Crippen LogP contribution in [0.3, 0.4) is 0 Å². The van der Waals surface area contributed by atoms with Crippen molar-refractivity contribution in [3.05, 3.63) is 22.3 Å². The van der Waals surface area contributed by atoms with E-state index in [0.717, 1.165) is 30.9 Å². The Morgan fingerprint density at radius 3 is 2.24 bits per heavy atom. The lowest BCUT2D eigenvalue weighted by Gasteiger charge is -2.34. The lowest BCUT2D eigenvalue weighted by molar-refractivity contribution is -0.131. The average molecular weight is 313 g/mol. The first kappa shape index (κ1) is 16.3. The average Bonchev–Trinajstić information content (AvgIpc) is 2.91. The van der Waals surface area contributed by atoms with Crippen LogP contribution >= 0.6 is 10.9 Å². The number of hydrogen-bond acceptors (Lipinski definition) is 3. The summed E-state index contributed by atoms with van der Waals surface area (Å²) >= 11 is 0. The predicted molar refractivity (Wildman–Crippen MR) is 88.3 cm³/mol. The molecule has 1 aliphatic carbocycles. The smallest absolute Gasteiger partial charge is 0.231 e. The van der Waals surface area contributed by atoms with E-state index in [0.29, 0.717) is 11.8 Å². The van der Waals surface area contributed by atoms with Crippen LogP contribution in [-0.2, 0) is 14.3 Å². The normalized spacial score (nSPS) is 20.8. The van der Waals surface area contributed by atoms with Crippen LogP contribution in [0.4, 0.5) is 0 Å². The van der Waals surface area contributed by atoms with E-state index in [-0.39, 0.29) is 5.91 Å². The van der Waals surface area contributed by atoms with E-state index in [1.165, 1.54) is 19.3 Å². The molecule has 2 aliphatic rings. The van der Waals surface area contributed by atoms with Crippen LogP contribution < -0.4 is 0 Å². The molecule has 0 aromatic rings. The van der Waals surface area contributed by atoms with Gasteiger partial charge in [0.1, 0.15) is 0 Å². The Morgan fingerprint density at radius 1 is 1.19 bits per heavy atom. The molecule has 4 nitrogen and oxygen atoms in total. The summed E-state index contributed by atoms with van der Waals surface area (Å²) in [4.78, 5) is 14.7. The fraction of sp³-hybridized carbons (Fsp3) is 0.688. The van der Waals surface area contributed by atoms with Crippen molar-refractivity contribution in [2.45, 2.75) is 45.1 Å². The fourth-order valence-electron chi connectivity index (χ4n) is 3.14. The zero-order valence-corrected chi connectivity index (χ0v) is 14.2. The van der Waals surface area contributed by atoms with Gasteiger partial charge in [-0.1, -0.05) is 19.3 Å². The molecule has 0 radical (unpaired) electrons. The second-order valence-corrected chi connectivity index (χ2v) is 7.40. The van der Waals surface area contributed by atoms with Gasteiger partial charge in [0.05, 0.1) is 20.0 Å². The summed E-state index contributed by atoms with van der Waals surface area (Å²) in [6.07, 6.45) is 6.15. The van der Waals surface area contributed by atoms with Gasteiger partial charge in [-0.3, -0.25) is 4.79 Å². The molecular formula is C16H27NO3S. The molecule has 1 saturated carbocycles. The van der Waals surface area contributed by atoms with Gasteiger partial charge in [-0.2, -0.15) is 10.9 Å². The van der Waals surface area contributed by atoms with Crippen LogP contribution in [0.1, 0.15) is 39.0 Å². The van der Waals surface area contributed by atoms with Crippen molar-refractivity contribution in [3.8, 4) is 0 Å². The molecule has 120 valence electrons. The monoisotopic (exact) mass is 313 g/mol. The fourth-order valence-corrected chi connectivity index (χ4v) is 4.96. The Balaban J connectivity index is 1.97. The number of methoxy groups -OCH3 is 2. The maximum Gasteiger partial charge on any atom is 0.231 e. The van der Waals surface area contributed by atoms with Crippen molar-refractivity contribution in [3.63, 3.8) is 0 Å². The summed E-state index contributed by atoms with van der Waals surface area (Å²) in [7, 11) is 2.68. The minimum Gasteiger partial charge on any atom is -0.492 e. The van der Waals surface area contributed by atoms with Crippen LogP contribution in [0, 0.1) is 0 Å². The first-order valence-corrected chi connectivity index (χ1v) is 9.43. The highest BCUT2D eigenvalue weighted by Crippen LogP contribution is 2.41. The molecular weight excluding hydrogens is 286 g/mol. The molecule has 1 aliphatic heterocycles. The van der Waals surface area contributed by atoms with Gasteiger partial charge in [0.2, 0.25) is 5.91 Å². The third kappa shape index (κ3) is 3.96. The molecule has 1 heterocycles. The zero-order valence-electron chi connectivity index (χ0n) is 13.3. The van der Waals surface area contributed by atoms with E-state index in [9.17, 15) is 4.79 Å². The van der Waals surface area contributed by atoms with Crippen molar-refractivity contribution in [1.82, 2.24) is 4.90 Å². The van der Waals surface area contributed by atoms with E-state index >= 15 is 0 Å². The third-order valence-electron chi connectivity index (χ3n) is 4.24. The van der Waals surface area contributed by atoms with Crippen molar-refractivity contribution < 1.29 is 14.3 Å². The third-order valence-corrected chi connectivity index (χ3v) is 6.01. The van der Waals surface area contributed by atoms with Crippen molar-refractivity contribution in [2.75, 3.05) is 26.5 Å².